The molecule has 0 spiro atoms. The molecule has 2 aromatic carbocycles. The van der Waals surface area contributed by atoms with Crippen molar-refractivity contribution >= 4 is 33.2 Å². The fourth-order valence-corrected chi connectivity index (χ4v) is 3.93. The van der Waals surface area contributed by atoms with Gasteiger partial charge in [0.25, 0.3) is 0 Å². The van der Waals surface area contributed by atoms with E-state index in [-0.39, 0.29) is 11.4 Å². The van der Waals surface area contributed by atoms with E-state index in [2.05, 4.69) is 4.98 Å². The summed E-state index contributed by atoms with van der Waals surface area (Å²) in [6.07, 6.45) is 1.43. The van der Waals surface area contributed by atoms with Crippen molar-refractivity contribution in [2.45, 2.75) is 6.04 Å². The summed E-state index contributed by atoms with van der Waals surface area (Å²) in [5.41, 5.74) is 5.90. The van der Waals surface area contributed by atoms with Crippen molar-refractivity contribution in [1.82, 2.24) is 4.98 Å². The Hall–Kier alpha value is -3.75. The van der Waals surface area contributed by atoms with Crippen LogP contribution in [0, 0.1) is 0 Å². The van der Waals surface area contributed by atoms with Crippen LogP contribution in [0.5, 0.6) is 17.2 Å². The molecule has 0 radical (unpaired) electrons. The summed E-state index contributed by atoms with van der Waals surface area (Å²) in [6.45, 7) is 0. The molecule has 0 fully saturated rings. The first-order chi connectivity index (χ1) is 14.4. The molecule has 7 nitrogen and oxygen atoms in total. The Morgan fingerprint density at radius 1 is 1.03 bits per heavy atom. The van der Waals surface area contributed by atoms with Gasteiger partial charge in [0.15, 0.2) is 17.5 Å². The minimum atomic E-state index is -1.78. The Kier molecular flexibility index (Phi) is 5.18. The second-order valence-corrected chi connectivity index (χ2v) is 7.55. The quantitative estimate of drug-likeness (QED) is 0.317. The topological polar surface area (TPSA) is 123 Å². The monoisotopic (exact) mass is 420 g/mol. The Labute approximate surface area is 175 Å². The van der Waals surface area contributed by atoms with E-state index in [4.69, 9.17) is 15.6 Å². The van der Waals surface area contributed by atoms with E-state index in [1.54, 1.807) is 6.07 Å². The van der Waals surface area contributed by atoms with Gasteiger partial charge in [0.05, 0.1) is 4.70 Å². The zero-order chi connectivity index (χ0) is 21.3. The fraction of sp³-hybridized carbons (Fsp3) is 0.0455. The normalized spacial score (nSPS) is 11.9. The number of nitrogens with two attached hydrogens (primary N) is 1. The standard InChI is InChI=1S/C22H16N2O5S/c23-18(22(27)28)21(26)19-20(25)15-10-16(30-17(15)11-24-19)12-6-8-14(9-7-12)29-13-4-2-1-3-5-13/h1-11,18,25H,23H2,(H,27,28). The van der Waals surface area contributed by atoms with Gasteiger partial charge in [0, 0.05) is 16.5 Å². The van der Waals surface area contributed by atoms with Gasteiger partial charge in [-0.1, -0.05) is 18.2 Å². The molecule has 0 bridgehead atoms. The minimum absolute atomic E-state index is 0.353. The number of Topliss-reactive ketones (excluding diaryl/α,β-unsaturated/α-hetero) is 1. The molecule has 0 aliphatic heterocycles. The third-order valence-electron chi connectivity index (χ3n) is 4.45. The highest BCUT2D eigenvalue weighted by Gasteiger charge is 2.27. The van der Waals surface area contributed by atoms with Crippen molar-refractivity contribution < 1.29 is 24.5 Å². The van der Waals surface area contributed by atoms with Crippen LogP contribution in [0.25, 0.3) is 20.5 Å². The maximum Gasteiger partial charge on any atom is 0.328 e. The van der Waals surface area contributed by atoms with E-state index in [1.165, 1.54) is 17.5 Å². The lowest BCUT2D eigenvalue weighted by molar-refractivity contribution is -0.137. The Morgan fingerprint density at radius 2 is 1.70 bits per heavy atom. The van der Waals surface area contributed by atoms with Crippen LogP contribution in [0.3, 0.4) is 0 Å². The van der Waals surface area contributed by atoms with Crippen molar-refractivity contribution in [3.63, 3.8) is 0 Å². The van der Waals surface area contributed by atoms with E-state index in [0.29, 0.717) is 15.8 Å². The molecule has 2 aromatic heterocycles. The van der Waals surface area contributed by atoms with E-state index in [1.807, 2.05) is 54.6 Å². The van der Waals surface area contributed by atoms with Gasteiger partial charge in [-0.05, 0) is 48.0 Å². The number of hydrogen-bond acceptors (Lipinski definition) is 7. The molecule has 1 atom stereocenters. The van der Waals surface area contributed by atoms with Crippen LogP contribution < -0.4 is 10.5 Å². The molecule has 0 aliphatic carbocycles. The number of ether oxygens (including phenoxy) is 1. The van der Waals surface area contributed by atoms with Gasteiger partial charge in [-0.15, -0.1) is 11.3 Å². The van der Waals surface area contributed by atoms with E-state index < -0.39 is 17.8 Å². The molecular formula is C22H16N2O5S. The van der Waals surface area contributed by atoms with Crippen molar-refractivity contribution in [2.24, 2.45) is 5.73 Å². The van der Waals surface area contributed by atoms with E-state index in [9.17, 15) is 14.7 Å². The number of para-hydroxylation sites is 1. The van der Waals surface area contributed by atoms with Crippen LogP contribution in [0.4, 0.5) is 0 Å². The maximum atomic E-state index is 12.2. The summed E-state index contributed by atoms with van der Waals surface area (Å²) in [5.74, 6) is -1.38. The van der Waals surface area contributed by atoms with Crippen LogP contribution in [0.1, 0.15) is 10.5 Å². The summed E-state index contributed by atoms with van der Waals surface area (Å²) in [5, 5.41) is 19.8. The molecule has 4 rings (SSSR count). The predicted molar refractivity (Wildman–Crippen MR) is 113 cm³/mol. The number of carboxylic acid groups (broad SMARTS) is 1. The molecule has 0 aliphatic rings. The first kappa shape index (κ1) is 19.6. The number of pyridine rings is 1. The lowest BCUT2D eigenvalue weighted by Gasteiger charge is -2.06. The molecule has 30 heavy (non-hydrogen) atoms. The first-order valence-electron chi connectivity index (χ1n) is 8.91. The number of hydrogen-bond donors (Lipinski definition) is 3. The third-order valence-corrected chi connectivity index (χ3v) is 5.57. The summed E-state index contributed by atoms with van der Waals surface area (Å²) < 4.78 is 6.45. The number of aromatic nitrogens is 1. The number of rotatable bonds is 6. The van der Waals surface area contributed by atoms with Gasteiger partial charge in [-0.3, -0.25) is 9.59 Å². The summed E-state index contributed by atoms with van der Waals surface area (Å²) >= 11 is 1.39. The van der Waals surface area contributed by atoms with Gasteiger partial charge < -0.3 is 20.7 Å². The number of ketones is 1. The van der Waals surface area contributed by atoms with Crippen LogP contribution >= 0.6 is 11.3 Å². The SMILES string of the molecule is NC(C(=O)O)C(=O)c1ncc2sc(-c3ccc(Oc4ccccc4)cc3)cc2c1O. The van der Waals surface area contributed by atoms with Crippen LogP contribution in [0.15, 0.2) is 66.9 Å². The van der Waals surface area contributed by atoms with Gasteiger partial charge >= 0.3 is 5.97 Å². The third kappa shape index (κ3) is 3.73. The molecule has 2 heterocycles. The molecule has 1 unspecified atom stereocenters. The number of fused-ring (bicyclic) bond motifs is 1. The number of carboxylic acids is 1. The Morgan fingerprint density at radius 3 is 2.37 bits per heavy atom. The largest absolute Gasteiger partial charge is 0.505 e. The number of aromatic hydroxyl groups is 1. The van der Waals surface area contributed by atoms with Crippen molar-refractivity contribution in [3.8, 4) is 27.7 Å². The van der Waals surface area contributed by atoms with Crippen molar-refractivity contribution in [3.05, 3.63) is 72.6 Å². The zero-order valence-electron chi connectivity index (χ0n) is 15.5. The van der Waals surface area contributed by atoms with E-state index in [0.717, 1.165) is 16.2 Å². The smallest absolute Gasteiger partial charge is 0.328 e. The van der Waals surface area contributed by atoms with Crippen molar-refractivity contribution in [2.75, 3.05) is 0 Å². The molecule has 0 saturated heterocycles. The average molecular weight is 420 g/mol. The van der Waals surface area contributed by atoms with Crippen molar-refractivity contribution in [1.29, 1.82) is 0 Å². The maximum absolute atomic E-state index is 12.2. The number of aliphatic carboxylic acids is 1. The second kappa shape index (κ2) is 7.94. The lowest BCUT2D eigenvalue weighted by atomic mass is 10.1. The van der Waals surface area contributed by atoms with E-state index >= 15 is 0 Å². The van der Waals surface area contributed by atoms with Gasteiger partial charge in [-0.25, -0.2) is 4.98 Å². The van der Waals surface area contributed by atoms with Crippen LogP contribution in [-0.2, 0) is 4.79 Å². The average Bonchev–Trinajstić information content (AvgIpc) is 3.19. The number of nitrogens with zero attached hydrogens (tertiary/aromatic N) is 1. The number of thiophene rings is 1. The highest BCUT2D eigenvalue weighted by molar-refractivity contribution is 7.22. The number of benzene rings is 2. The predicted octanol–water partition coefficient (Wildman–Crippen LogP) is 4.06. The highest BCUT2D eigenvalue weighted by atomic mass is 32.1. The molecule has 8 heteroatoms. The number of carbonyl (C=O) groups excluding carboxylic acids is 1. The fourth-order valence-electron chi connectivity index (χ4n) is 2.89. The summed E-state index contributed by atoms with van der Waals surface area (Å²) in [6, 6.07) is 16.8. The number of carbonyl (C=O) groups is 2. The molecule has 0 amide bonds. The Bertz CT molecular complexity index is 1240. The molecule has 4 N–H and O–H groups in total. The first-order valence-corrected chi connectivity index (χ1v) is 9.73. The summed E-state index contributed by atoms with van der Waals surface area (Å²) in [4.78, 5) is 27.9. The summed E-state index contributed by atoms with van der Waals surface area (Å²) in [7, 11) is 0. The Balaban J connectivity index is 1.63. The van der Waals surface area contributed by atoms with Gasteiger partial charge in [0.2, 0.25) is 5.78 Å². The van der Waals surface area contributed by atoms with Crippen LogP contribution in [0.2, 0.25) is 0 Å². The second-order valence-electron chi connectivity index (χ2n) is 6.46. The highest BCUT2D eigenvalue weighted by Crippen LogP contribution is 2.39. The van der Waals surface area contributed by atoms with Gasteiger partial charge in [-0.2, -0.15) is 0 Å². The van der Waals surface area contributed by atoms with Crippen LogP contribution in [-0.4, -0.2) is 33.0 Å². The molecule has 0 saturated carbocycles. The lowest BCUT2D eigenvalue weighted by Crippen LogP contribution is -2.38. The minimum Gasteiger partial charge on any atom is -0.505 e. The molecule has 4 aromatic rings. The van der Waals surface area contributed by atoms with Gasteiger partial charge in [0.1, 0.15) is 11.5 Å². The molecular weight excluding hydrogens is 404 g/mol. The zero-order valence-corrected chi connectivity index (χ0v) is 16.3. The molecule has 150 valence electrons.